The molecule has 1 N–H and O–H groups in total. The summed E-state index contributed by atoms with van der Waals surface area (Å²) in [5.74, 6) is -2.48. The van der Waals surface area contributed by atoms with Crippen LogP contribution in [0.5, 0.6) is 0 Å². The van der Waals surface area contributed by atoms with E-state index in [4.69, 9.17) is 9.90 Å². The number of carbonyl (C=O) groups is 2. The molecule has 1 amide bonds. The highest BCUT2D eigenvalue weighted by molar-refractivity contribution is 14.1. The number of piperazine rings is 1. The van der Waals surface area contributed by atoms with E-state index in [9.17, 15) is 18.0 Å². The van der Waals surface area contributed by atoms with Gasteiger partial charge >= 0.3 is 12.1 Å². The first kappa shape index (κ1) is 17.4. The summed E-state index contributed by atoms with van der Waals surface area (Å²) in [6.07, 6.45) is -5.08. The van der Waals surface area contributed by atoms with Crippen LogP contribution in [0.3, 0.4) is 0 Å². The maximum Gasteiger partial charge on any atom is 0.490 e. The van der Waals surface area contributed by atoms with Gasteiger partial charge in [0.15, 0.2) is 0 Å². The Morgan fingerprint density at radius 1 is 1.22 bits per heavy atom. The van der Waals surface area contributed by atoms with E-state index in [1.54, 1.807) is 0 Å². The quantitative estimate of drug-likeness (QED) is 0.539. The number of nitrogens with zero attached hydrogens (tertiary/aromatic N) is 2. The van der Waals surface area contributed by atoms with Crippen molar-refractivity contribution in [3.8, 4) is 0 Å². The topological polar surface area (TPSA) is 60.9 Å². The molecule has 5 nitrogen and oxygen atoms in total. The van der Waals surface area contributed by atoms with Gasteiger partial charge in [-0.15, -0.1) is 0 Å². The van der Waals surface area contributed by atoms with E-state index in [1.165, 1.54) is 0 Å². The molecule has 9 heteroatoms. The Kier molecular flexibility index (Phi) is 7.52. The van der Waals surface area contributed by atoms with Crippen LogP contribution in [-0.2, 0) is 9.59 Å². The fraction of sp³-hybridized carbons (Fsp3) is 0.778. The zero-order chi connectivity index (χ0) is 14.3. The summed E-state index contributed by atoms with van der Waals surface area (Å²) in [5, 5.41) is 7.12. The summed E-state index contributed by atoms with van der Waals surface area (Å²) in [6.45, 7) is 3.83. The second-order valence-corrected chi connectivity index (χ2v) is 4.38. The Morgan fingerprint density at radius 3 is 1.89 bits per heavy atom. The Hall–Kier alpha value is -0.580. The fourth-order valence-electron chi connectivity index (χ4n) is 1.14. The lowest BCUT2D eigenvalue weighted by molar-refractivity contribution is -0.192. The van der Waals surface area contributed by atoms with Gasteiger partial charge in [-0.25, -0.2) is 4.79 Å². The summed E-state index contributed by atoms with van der Waals surface area (Å²) >= 11 is 2.12. The third-order valence-corrected chi connectivity index (χ3v) is 2.87. The van der Waals surface area contributed by atoms with E-state index < -0.39 is 12.1 Å². The van der Waals surface area contributed by atoms with Crippen molar-refractivity contribution < 1.29 is 27.9 Å². The molecule has 0 atom stereocenters. The summed E-state index contributed by atoms with van der Waals surface area (Å²) in [5.41, 5.74) is 0. The molecule has 0 aromatic carbocycles. The molecule has 0 bridgehead atoms. The molecular weight excluding hydrogens is 368 g/mol. The summed E-state index contributed by atoms with van der Waals surface area (Å²) in [7, 11) is 2.09. The number of carboxylic acid groups (broad SMARTS) is 1. The lowest BCUT2D eigenvalue weighted by Gasteiger charge is -2.31. The molecule has 18 heavy (non-hydrogen) atoms. The Bertz CT molecular complexity index is 291. The molecule has 0 aromatic heterocycles. The largest absolute Gasteiger partial charge is 0.490 e. The Morgan fingerprint density at radius 2 is 1.61 bits per heavy atom. The van der Waals surface area contributed by atoms with Crippen LogP contribution in [0, 0.1) is 0 Å². The molecule has 0 radical (unpaired) electrons. The minimum Gasteiger partial charge on any atom is -0.475 e. The van der Waals surface area contributed by atoms with Crippen LogP contribution in [0.15, 0.2) is 0 Å². The van der Waals surface area contributed by atoms with Crippen LogP contribution < -0.4 is 0 Å². The van der Waals surface area contributed by atoms with Crippen LogP contribution >= 0.6 is 22.6 Å². The zero-order valence-electron chi connectivity index (χ0n) is 9.71. The minimum absolute atomic E-state index is 0.277. The summed E-state index contributed by atoms with van der Waals surface area (Å²) in [4.78, 5) is 24.3. The van der Waals surface area contributed by atoms with Gasteiger partial charge in [0.1, 0.15) is 0 Å². The number of hydrogen-bond acceptors (Lipinski definition) is 3. The van der Waals surface area contributed by atoms with Crippen LogP contribution in [-0.4, -0.2) is 70.6 Å². The van der Waals surface area contributed by atoms with Gasteiger partial charge in [0.25, 0.3) is 0 Å². The Balaban J connectivity index is 0.000000360. The predicted molar refractivity (Wildman–Crippen MR) is 66.7 cm³/mol. The maximum absolute atomic E-state index is 11.2. The number of rotatable bonds is 1. The third-order valence-electron chi connectivity index (χ3n) is 2.21. The number of carbonyl (C=O) groups excluding carboxylic acids is 1. The molecule has 1 aliphatic rings. The standard InChI is InChI=1S/C7H13IN2O.C2HF3O2/c1-9-2-4-10(5-3-9)7(11)6-8;3-2(4,5)1(6)7/h2-6H2,1H3;(H,6,7). The zero-order valence-corrected chi connectivity index (χ0v) is 11.9. The van der Waals surface area contributed by atoms with Gasteiger partial charge in [0.05, 0.1) is 4.43 Å². The van der Waals surface area contributed by atoms with Crippen LogP contribution in [0.25, 0.3) is 0 Å². The maximum atomic E-state index is 11.2. The third kappa shape index (κ3) is 6.99. The van der Waals surface area contributed by atoms with Crippen molar-refractivity contribution in [3.05, 3.63) is 0 Å². The molecule has 1 saturated heterocycles. The fourth-order valence-corrected chi connectivity index (χ4v) is 1.62. The van der Waals surface area contributed by atoms with E-state index in [0.29, 0.717) is 4.43 Å². The molecule has 0 aromatic rings. The van der Waals surface area contributed by atoms with Gasteiger partial charge in [-0.05, 0) is 7.05 Å². The van der Waals surface area contributed by atoms with E-state index >= 15 is 0 Å². The normalized spacial score (nSPS) is 16.8. The molecule has 1 heterocycles. The van der Waals surface area contributed by atoms with Crippen molar-refractivity contribution in [1.82, 2.24) is 9.80 Å². The van der Waals surface area contributed by atoms with Crippen molar-refractivity contribution >= 4 is 34.5 Å². The number of likely N-dealkylation sites (N-methyl/N-ethyl adjacent to an activating group) is 1. The summed E-state index contributed by atoms with van der Waals surface area (Å²) in [6, 6.07) is 0. The van der Waals surface area contributed by atoms with Crippen LogP contribution in [0.4, 0.5) is 13.2 Å². The monoisotopic (exact) mass is 382 g/mol. The number of hydrogen-bond donors (Lipinski definition) is 1. The van der Waals surface area contributed by atoms with Crippen molar-refractivity contribution in [2.75, 3.05) is 37.7 Å². The molecule has 0 aliphatic carbocycles. The lowest BCUT2D eigenvalue weighted by Crippen LogP contribution is -2.47. The highest BCUT2D eigenvalue weighted by atomic mass is 127. The second-order valence-electron chi connectivity index (χ2n) is 3.62. The molecule has 1 rings (SSSR count). The van der Waals surface area contributed by atoms with Crippen molar-refractivity contribution in [2.24, 2.45) is 0 Å². The SMILES string of the molecule is CN1CCN(C(=O)CI)CC1.O=C(O)C(F)(F)F. The van der Waals surface area contributed by atoms with E-state index in [0.717, 1.165) is 26.2 Å². The van der Waals surface area contributed by atoms with E-state index in [-0.39, 0.29) is 5.91 Å². The average molecular weight is 382 g/mol. The average Bonchev–Trinajstić information content (AvgIpc) is 2.28. The first-order chi connectivity index (χ1) is 8.18. The number of aliphatic carboxylic acids is 1. The molecular formula is C9H14F3IN2O3. The number of amides is 1. The van der Waals surface area contributed by atoms with Crippen LogP contribution in [0.1, 0.15) is 0 Å². The van der Waals surface area contributed by atoms with Crippen molar-refractivity contribution in [2.45, 2.75) is 6.18 Å². The molecule has 0 spiro atoms. The van der Waals surface area contributed by atoms with E-state index in [2.05, 4.69) is 34.5 Å². The van der Waals surface area contributed by atoms with Crippen molar-refractivity contribution in [1.29, 1.82) is 0 Å². The number of carboxylic acids is 1. The molecule has 0 unspecified atom stereocenters. The minimum atomic E-state index is -5.08. The first-order valence-corrected chi connectivity index (χ1v) is 6.53. The highest BCUT2D eigenvalue weighted by Gasteiger charge is 2.38. The van der Waals surface area contributed by atoms with Gasteiger partial charge in [-0.1, -0.05) is 22.6 Å². The molecule has 1 fully saturated rings. The molecule has 1 aliphatic heterocycles. The molecule has 106 valence electrons. The van der Waals surface area contributed by atoms with Crippen LogP contribution in [0.2, 0.25) is 0 Å². The van der Waals surface area contributed by atoms with Gasteiger partial charge < -0.3 is 14.9 Å². The summed E-state index contributed by atoms with van der Waals surface area (Å²) < 4.78 is 32.3. The van der Waals surface area contributed by atoms with Gasteiger partial charge in [0.2, 0.25) is 5.91 Å². The second kappa shape index (κ2) is 7.77. The first-order valence-electron chi connectivity index (χ1n) is 5.01. The number of alkyl halides is 4. The van der Waals surface area contributed by atoms with Gasteiger partial charge in [0, 0.05) is 26.2 Å². The van der Waals surface area contributed by atoms with Crippen molar-refractivity contribution in [3.63, 3.8) is 0 Å². The van der Waals surface area contributed by atoms with Gasteiger partial charge in [-0.3, -0.25) is 4.79 Å². The molecule has 0 saturated carbocycles. The Labute approximate surface area is 116 Å². The number of halogens is 4. The highest BCUT2D eigenvalue weighted by Crippen LogP contribution is 2.13. The smallest absolute Gasteiger partial charge is 0.475 e. The van der Waals surface area contributed by atoms with Gasteiger partial charge in [-0.2, -0.15) is 13.2 Å². The van der Waals surface area contributed by atoms with E-state index in [1.807, 2.05) is 4.90 Å². The lowest BCUT2D eigenvalue weighted by atomic mass is 10.3. The predicted octanol–water partition coefficient (Wildman–Crippen LogP) is 0.829.